The number of amides is 1. The number of fused-ring (bicyclic) bond motifs is 1. The van der Waals surface area contributed by atoms with Gasteiger partial charge in [-0.25, -0.2) is 9.78 Å². The number of carbonyl (C=O) groups is 2. The van der Waals surface area contributed by atoms with Gasteiger partial charge in [0.1, 0.15) is 5.52 Å². The third-order valence-corrected chi connectivity index (χ3v) is 4.15. The lowest BCUT2D eigenvalue weighted by atomic mass is 10.1. The Morgan fingerprint density at radius 2 is 1.93 bits per heavy atom. The van der Waals surface area contributed by atoms with Crippen LogP contribution in [0.1, 0.15) is 32.4 Å². The zero-order valence-corrected chi connectivity index (χ0v) is 15.0. The number of nitrogens with one attached hydrogen (secondary N) is 1. The number of rotatable bonds is 5. The standard InChI is InChI=1S/C21H16N2O5/c1-26-21(25)14-11-15-19(16(12-14)23-20(24)17-8-5-9-27-17)28-18(22-15)10-13-6-3-2-4-7-13/h2-9,11-12H,10H2,1H3,(H,23,24). The van der Waals surface area contributed by atoms with Crippen LogP contribution in [0.3, 0.4) is 0 Å². The molecule has 7 nitrogen and oxygen atoms in total. The Labute approximate surface area is 159 Å². The molecule has 4 aromatic rings. The van der Waals surface area contributed by atoms with E-state index in [-0.39, 0.29) is 11.3 Å². The minimum atomic E-state index is -0.539. The smallest absolute Gasteiger partial charge is 0.338 e. The predicted molar refractivity (Wildman–Crippen MR) is 101 cm³/mol. The second-order valence-corrected chi connectivity index (χ2v) is 6.07. The highest BCUT2D eigenvalue weighted by Gasteiger charge is 2.19. The minimum absolute atomic E-state index is 0.139. The highest BCUT2D eigenvalue weighted by Crippen LogP contribution is 2.28. The van der Waals surface area contributed by atoms with Crippen molar-refractivity contribution in [2.24, 2.45) is 0 Å². The van der Waals surface area contributed by atoms with Crippen molar-refractivity contribution in [1.82, 2.24) is 4.98 Å². The summed E-state index contributed by atoms with van der Waals surface area (Å²) in [5.41, 5.74) is 2.42. The lowest BCUT2D eigenvalue weighted by molar-refractivity contribution is 0.0600. The van der Waals surface area contributed by atoms with E-state index >= 15 is 0 Å². The summed E-state index contributed by atoms with van der Waals surface area (Å²) in [6.07, 6.45) is 1.89. The largest absolute Gasteiger partial charge is 0.465 e. The fraction of sp³-hybridized carbons (Fsp3) is 0.0952. The van der Waals surface area contributed by atoms with E-state index in [4.69, 9.17) is 13.6 Å². The highest BCUT2D eigenvalue weighted by atomic mass is 16.5. The molecule has 2 aromatic carbocycles. The summed E-state index contributed by atoms with van der Waals surface area (Å²) < 4.78 is 15.8. The molecule has 0 saturated carbocycles. The molecule has 7 heteroatoms. The molecule has 1 amide bonds. The molecule has 0 aliphatic rings. The van der Waals surface area contributed by atoms with E-state index in [1.165, 1.54) is 25.5 Å². The Hall–Kier alpha value is -3.87. The first kappa shape index (κ1) is 17.5. The quantitative estimate of drug-likeness (QED) is 0.528. The number of hydrogen-bond acceptors (Lipinski definition) is 6. The Balaban J connectivity index is 1.74. The van der Waals surface area contributed by atoms with Gasteiger partial charge in [0.05, 0.1) is 24.6 Å². The van der Waals surface area contributed by atoms with Crippen molar-refractivity contribution in [2.45, 2.75) is 6.42 Å². The van der Waals surface area contributed by atoms with Crippen molar-refractivity contribution >= 4 is 28.7 Å². The Morgan fingerprint density at radius 3 is 2.64 bits per heavy atom. The molecule has 0 fully saturated rings. The molecule has 0 bridgehead atoms. The monoisotopic (exact) mass is 376 g/mol. The van der Waals surface area contributed by atoms with Crippen molar-refractivity contribution in [3.63, 3.8) is 0 Å². The lowest BCUT2D eigenvalue weighted by Gasteiger charge is -2.06. The number of anilines is 1. The van der Waals surface area contributed by atoms with Crippen LogP contribution in [-0.2, 0) is 11.2 Å². The molecule has 0 atom stereocenters. The van der Waals surface area contributed by atoms with Gasteiger partial charge in [-0.15, -0.1) is 0 Å². The van der Waals surface area contributed by atoms with E-state index < -0.39 is 11.9 Å². The summed E-state index contributed by atoms with van der Waals surface area (Å²) in [6, 6.07) is 15.9. The molecular weight excluding hydrogens is 360 g/mol. The number of furan rings is 1. The van der Waals surface area contributed by atoms with Gasteiger partial charge in [0, 0.05) is 6.42 Å². The Kier molecular flexibility index (Phi) is 4.63. The summed E-state index contributed by atoms with van der Waals surface area (Å²) in [5, 5.41) is 2.71. The maximum absolute atomic E-state index is 12.4. The SMILES string of the molecule is COC(=O)c1cc(NC(=O)c2ccco2)c2oc(Cc3ccccc3)nc2c1. The molecule has 0 spiro atoms. The fourth-order valence-corrected chi connectivity index (χ4v) is 2.85. The van der Waals surface area contributed by atoms with Gasteiger partial charge in [0.2, 0.25) is 0 Å². The number of methoxy groups -OCH3 is 1. The summed E-state index contributed by atoms with van der Waals surface area (Å²) in [4.78, 5) is 28.9. The third-order valence-electron chi connectivity index (χ3n) is 4.15. The van der Waals surface area contributed by atoms with E-state index in [1.54, 1.807) is 12.1 Å². The van der Waals surface area contributed by atoms with Gasteiger partial charge in [-0.05, 0) is 29.8 Å². The number of hydrogen-bond donors (Lipinski definition) is 1. The fourth-order valence-electron chi connectivity index (χ4n) is 2.85. The van der Waals surface area contributed by atoms with Crippen LogP contribution in [0.5, 0.6) is 0 Å². The molecule has 28 heavy (non-hydrogen) atoms. The number of aromatic nitrogens is 1. The molecule has 0 unspecified atom stereocenters. The van der Waals surface area contributed by atoms with Crippen molar-refractivity contribution in [3.05, 3.63) is 83.6 Å². The van der Waals surface area contributed by atoms with Crippen LogP contribution < -0.4 is 5.32 Å². The van der Waals surface area contributed by atoms with Gasteiger partial charge in [0.25, 0.3) is 5.91 Å². The van der Waals surface area contributed by atoms with Gasteiger partial charge in [-0.2, -0.15) is 0 Å². The second-order valence-electron chi connectivity index (χ2n) is 6.07. The van der Waals surface area contributed by atoms with Gasteiger partial charge in [0.15, 0.2) is 17.2 Å². The zero-order valence-electron chi connectivity index (χ0n) is 15.0. The molecule has 2 aromatic heterocycles. The van der Waals surface area contributed by atoms with Crippen molar-refractivity contribution in [1.29, 1.82) is 0 Å². The number of nitrogens with zero attached hydrogens (tertiary/aromatic N) is 1. The number of carbonyl (C=O) groups excluding carboxylic acids is 2. The number of ether oxygens (including phenoxy) is 1. The molecule has 4 rings (SSSR count). The van der Waals surface area contributed by atoms with E-state index in [0.29, 0.717) is 29.1 Å². The first-order valence-electron chi connectivity index (χ1n) is 8.54. The maximum Gasteiger partial charge on any atom is 0.338 e. The molecule has 0 saturated heterocycles. The van der Waals surface area contributed by atoms with Gasteiger partial charge in [-0.3, -0.25) is 4.79 Å². The number of esters is 1. The van der Waals surface area contributed by atoms with E-state index in [0.717, 1.165) is 5.56 Å². The second kappa shape index (κ2) is 7.40. The summed E-state index contributed by atoms with van der Waals surface area (Å²) in [5.74, 6) is -0.394. The average Bonchev–Trinajstić information content (AvgIpc) is 3.38. The van der Waals surface area contributed by atoms with Crippen LogP contribution in [0, 0.1) is 0 Å². The average molecular weight is 376 g/mol. The minimum Gasteiger partial charge on any atom is -0.465 e. The maximum atomic E-state index is 12.4. The van der Waals surface area contributed by atoms with Crippen molar-refractivity contribution in [2.75, 3.05) is 12.4 Å². The number of oxazole rings is 1. The topological polar surface area (TPSA) is 94.6 Å². The molecule has 140 valence electrons. The molecule has 2 heterocycles. The highest BCUT2D eigenvalue weighted by molar-refractivity contribution is 6.08. The molecular formula is C21H16N2O5. The van der Waals surface area contributed by atoms with E-state index in [9.17, 15) is 9.59 Å². The zero-order chi connectivity index (χ0) is 19.5. The third kappa shape index (κ3) is 3.50. The van der Waals surface area contributed by atoms with E-state index in [2.05, 4.69) is 10.3 Å². The molecule has 0 aliphatic carbocycles. The van der Waals surface area contributed by atoms with Crippen LogP contribution >= 0.6 is 0 Å². The Morgan fingerprint density at radius 1 is 1.11 bits per heavy atom. The summed E-state index contributed by atoms with van der Waals surface area (Å²) in [6.45, 7) is 0. The predicted octanol–water partition coefficient (Wildman–Crippen LogP) is 4.05. The van der Waals surface area contributed by atoms with Gasteiger partial charge >= 0.3 is 5.97 Å². The normalized spacial score (nSPS) is 10.8. The van der Waals surface area contributed by atoms with Crippen LogP contribution in [0.15, 0.2) is 69.7 Å². The van der Waals surface area contributed by atoms with Crippen LogP contribution in [-0.4, -0.2) is 24.0 Å². The first-order valence-corrected chi connectivity index (χ1v) is 8.54. The summed E-state index contributed by atoms with van der Waals surface area (Å²) >= 11 is 0. The summed E-state index contributed by atoms with van der Waals surface area (Å²) in [7, 11) is 1.29. The number of benzene rings is 2. The van der Waals surface area contributed by atoms with Crippen LogP contribution in [0.2, 0.25) is 0 Å². The molecule has 1 N–H and O–H groups in total. The van der Waals surface area contributed by atoms with Gasteiger partial charge in [-0.1, -0.05) is 30.3 Å². The lowest BCUT2D eigenvalue weighted by Crippen LogP contribution is -2.12. The van der Waals surface area contributed by atoms with Gasteiger partial charge < -0.3 is 18.9 Å². The van der Waals surface area contributed by atoms with E-state index in [1.807, 2.05) is 30.3 Å². The first-order chi connectivity index (χ1) is 13.6. The van der Waals surface area contributed by atoms with Crippen LogP contribution in [0.4, 0.5) is 5.69 Å². The van der Waals surface area contributed by atoms with Crippen LogP contribution in [0.25, 0.3) is 11.1 Å². The molecule has 0 radical (unpaired) electrons. The van der Waals surface area contributed by atoms with Crippen molar-refractivity contribution in [3.8, 4) is 0 Å². The van der Waals surface area contributed by atoms with Crippen molar-refractivity contribution < 1.29 is 23.2 Å². The Bertz CT molecular complexity index is 1130. The molecule has 0 aliphatic heterocycles.